The number of aryl methyl sites for hydroxylation is 1. The van der Waals surface area contributed by atoms with E-state index >= 15 is 0 Å². The number of nitrogens with zero attached hydrogens (tertiary/aromatic N) is 2. The smallest absolute Gasteiger partial charge is 0.295 e. The number of primary sulfonamides is 1. The van der Waals surface area contributed by atoms with Gasteiger partial charge in [-0.25, -0.2) is 18.5 Å². The van der Waals surface area contributed by atoms with Crippen molar-refractivity contribution in [3.8, 4) is 0 Å². The Bertz CT molecular complexity index is 721. The van der Waals surface area contributed by atoms with Crippen molar-refractivity contribution in [1.29, 1.82) is 0 Å². The van der Waals surface area contributed by atoms with Crippen LogP contribution in [0.25, 0.3) is 0 Å². The number of carbonyl (C=O) groups is 1. The van der Waals surface area contributed by atoms with Crippen molar-refractivity contribution < 1.29 is 13.2 Å². The molecule has 0 aliphatic heterocycles. The zero-order valence-electron chi connectivity index (χ0n) is 10.6. The molecule has 0 aliphatic rings. The van der Waals surface area contributed by atoms with Crippen LogP contribution in [0.2, 0.25) is 0 Å². The fraction of sp³-hybridized carbons (Fsp3) is 0.182. The van der Waals surface area contributed by atoms with Gasteiger partial charge in [-0.1, -0.05) is 12.1 Å². The summed E-state index contributed by atoms with van der Waals surface area (Å²) in [7, 11) is -3.56. The number of amides is 1. The molecule has 0 unspecified atom stereocenters. The molecule has 0 radical (unpaired) electrons. The monoisotopic (exact) mass is 295 g/mol. The molecular weight excluding hydrogens is 282 g/mol. The Hall–Kier alpha value is -2.26. The first-order chi connectivity index (χ1) is 9.33. The Labute approximate surface area is 115 Å². The lowest BCUT2D eigenvalue weighted by Crippen LogP contribution is -2.15. The number of benzene rings is 1. The van der Waals surface area contributed by atoms with Gasteiger partial charge in [-0.05, 0) is 24.6 Å². The van der Waals surface area contributed by atoms with Gasteiger partial charge >= 0.3 is 0 Å². The predicted octanol–water partition coefficient (Wildman–Crippen LogP) is 0.154. The third-order valence-corrected chi connectivity index (χ3v) is 3.12. The first-order valence-corrected chi connectivity index (χ1v) is 7.35. The summed E-state index contributed by atoms with van der Waals surface area (Å²) in [6.45, 7) is 1.69. The molecule has 4 N–H and O–H groups in total. The van der Waals surface area contributed by atoms with Gasteiger partial charge in [0, 0.05) is 5.69 Å². The van der Waals surface area contributed by atoms with Crippen LogP contribution in [0.5, 0.6) is 0 Å². The molecule has 0 atom stereocenters. The van der Waals surface area contributed by atoms with E-state index in [-0.39, 0.29) is 11.6 Å². The molecule has 1 aromatic carbocycles. The molecular formula is C11H13N5O3S. The molecule has 0 fully saturated rings. The van der Waals surface area contributed by atoms with E-state index in [0.717, 1.165) is 0 Å². The average Bonchev–Trinajstić information content (AvgIpc) is 2.77. The van der Waals surface area contributed by atoms with Crippen LogP contribution in [0.4, 0.5) is 5.69 Å². The van der Waals surface area contributed by atoms with Crippen molar-refractivity contribution in [2.24, 2.45) is 5.14 Å². The molecule has 106 valence electrons. The van der Waals surface area contributed by atoms with Gasteiger partial charge in [0.2, 0.25) is 15.8 Å². The SMILES string of the molecule is Cc1nc(C(=O)Nc2ccc(CS(N)(=O)=O)cc2)n[nH]1. The maximum atomic E-state index is 11.8. The van der Waals surface area contributed by atoms with Crippen molar-refractivity contribution in [2.45, 2.75) is 12.7 Å². The number of nitrogens with two attached hydrogens (primary N) is 1. The number of anilines is 1. The standard InChI is InChI=1S/C11H13N5O3S/c1-7-13-10(16-15-7)11(17)14-9-4-2-8(3-5-9)6-20(12,18)19/h2-5H,6H2,1H3,(H,14,17)(H2,12,18,19)(H,13,15,16). The number of H-pyrrole nitrogens is 1. The number of hydrogen-bond acceptors (Lipinski definition) is 5. The molecule has 1 aromatic heterocycles. The Kier molecular flexibility index (Phi) is 3.81. The molecule has 8 nitrogen and oxygen atoms in total. The van der Waals surface area contributed by atoms with Gasteiger partial charge in [-0.3, -0.25) is 9.89 Å². The number of aromatic amines is 1. The normalized spacial score (nSPS) is 11.3. The van der Waals surface area contributed by atoms with Crippen LogP contribution < -0.4 is 10.5 Å². The van der Waals surface area contributed by atoms with Gasteiger partial charge in [0.1, 0.15) is 5.82 Å². The van der Waals surface area contributed by atoms with Gasteiger partial charge < -0.3 is 5.32 Å². The highest BCUT2D eigenvalue weighted by atomic mass is 32.2. The summed E-state index contributed by atoms with van der Waals surface area (Å²) in [5, 5.41) is 13.8. The van der Waals surface area contributed by atoms with Crippen LogP contribution in [-0.4, -0.2) is 29.5 Å². The second-order valence-electron chi connectivity index (χ2n) is 4.20. The number of nitrogens with one attached hydrogen (secondary N) is 2. The molecule has 1 amide bonds. The molecule has 1 heterocycles. The average molecular weight is 295 g/mol. The minimum atomic E-state index is -3.56. The summed E-state index contributed by atoms with van der Waals surface area (Å²) >= 11 is 0. The lowest BCUT2D eigenvalue weighted by Gasteiger charge is -2.04. The molecule has 0 bridgehead atoms. The topological polar surface area (TPSA) is 131 Å². The highest BCUT2D eigenvalue weighted by Crippen LogP contribution is 2.12. The van der Waals surface area contributed by atoms with Gasteiger partial charge in [0.25, 0.3) is 5.91 Å². The van der Waals surface area contributed by atoms with E-state index in [1.807, 2.05) is 0 Å². The molecule has 0 saturated carbocycles. The molecule has 0 saturated heterocycles. The molecule has 20 heavy (non-hydrogen) atoms. The van der Waals surface area contributed by atoms with E-state index in [2.05, 4.69) is 20.5 Å². The minimum absolute atomic E-state index is 0.0381. The highest BCUT2D eigenvalue weighted by Gasteiger charge is 2.11. The van der Waals surface area contributed by atoms with Crippen LogP contribution in [0.15, 0.2) is 24.3 Å². The van der Waals surface area contributed by atoms with Crippen LogP contribution in [-0.2, 0) is 15.8 Å². The van der Waals surface area contributed by atoms with Crippen molar-refractivity contribution in [3.63, 3.8) is 0 Å². The van der Waals surface area contributed by atoms with E-state index in [0.29, 0.717) is 17.1 Å². The summed E-state index contributed by atoms with van der Waals surface area (Å²) in [5.41, 5.74) is 1.05. The van der Waals surface area contributed by atoms with E-state index in [9.17, 15) is 13.2 Å². The predicted molar refractivity (Wildman–Crippen MR) is 72.3 cm³/mol. The maximum Gasteiger partial charge on any atom is 0.295 e. The quantitative estimate of drug-likeness (QED) is 0.739. The fourth-order valence-electron chi connectivity index (χ4n) is 1.55. The molecule has 0 spiro atoms. The molecule has 2 aromatic rings. The lowest BCUT2D eigenvalue weighted by atomic mass is 10.2. The first-order valence-electron chi connectivity index (χ1n) is 5.63. The first kappa shape index (κ1) is 14.2. The fourth-order valence-corrected chi connectivity index (χ4v) is 2.20. The van der Waals surface area contributed by atoms with Crippen molar-refractivity contribution in [1.82, 2.24) is 15.2 Å². The van der Waals surface area contributed by atoms with E-state index in [1.165, 1.54) is 0 Å². The largest absolute Gasteiger partial charge is 0.319 e. The van der Waals surface area contributed by atoms with Gasteiger partial charge in [0.05, 0.1) is 5.75 Å². The van der Waals surface area contributed by atoms with Crippen molar-refractivity contribution in [3.05, 3.63) is 41.5 Å². The maximum absolute atomic E-state index is 11.8. The Balaban J connectivity index is 2.06. The van der Waals surface area contributed by atoms with E-state index in [4.69, 9.17) is 5.14 Å². The van der Waals surface area contributed by atoms with Gasteiger partial charge in [-0.15, -0.1) is 5.10 Å². The van der Waals surface area contributed by atoms with Gasteiger partial charge in [0.15, 0.2) is 0 Å². The molecule has 0 aliphatic carbocycles. The van der Waals surface area contributed by atoms with Crippen LogP contribution in [0.3, 0.4) is 0 Å². The summed E-state index contributed by atoms with van der Waals surface area (Å²) in [6, 6.07) is 6.31. The van der Waals surface area contributed by atoms with Crippen molar-refractivity contribution in [2.75, 3.05) is 5.32 Å². The minimum Gasteiger partial charge on any atom is -0.319 e. The summed E-state index contributed by atoms with van der Waals surface area (Å²) in [6.07, 6.45) is 0. The summed E-state index contributed by atoms with van der Waals surface area (Å²) in [4.78, 5) is 15.7. The Morgan fingerprint density at radius 2 is 2.00 bits per heavy atom. The Morgan fingerprint density at radius 1 is 1.35 bits per heavy atom. The summed E-state index contributed by atoms with van der Waals surface area (Å²) in [5.74, 6) is -0.121. The Morgan fingerprint density at radius 3 is 2.50 bits per heavy atom. The second kappa shape index (κ2) is 5.39. The number of sulfonamides is 1. The van der Waals surface area contributed by atoms with Crippen molar-refractivity contribution >= 4 is 21.6 Å². The second-order valence-corrected chi connectivity index (χ2v) is 5.82. The number of aromatic nitrogens is 3. The van der Waals surface area contributed by atoms with Crippen LogP contribution in [0.1, 0.15) is 22.0 Å². The third-order valence-electron chi connectivity index (χ3n) is 2.38. The molecule has 9 heteroatoms. The van der Waals surface area contributed by atoms with Crippen LogP contribution in [0, 0.1) is 6.92 Å². The third kappa shape index (κ3) is 3.87. The van der Waals surface area contributed by atoms with Gasteiger partial charge in [-0.2, -0.15) is 0 Å². The zero-order chi connectivity index (χ0) is 14.8. The number of rotatable bonds is 4. The molecule has 2 rings (SSSR count). The number of hydrogen-bond donors (Lipinski definition) is 3. The zero-order valence-corrected chi connectivity index (χ0v) is 11.4. The number of carbonyl (C=O) groups excluding carboxylic acids is 1. The highest BCUT2D eigenvalue weighted by molar-refractivity contribution is 7.88. The van der Waals surface area contributed by atoms with Crippen LogP contribution >= 0.6 is 0 Å². The lowest BCUT2D eigenvalue weighted by molar-refractivity contribution is 0.101. The van der Waals surface area contributed by atoms with E-state index in [1.54, 1.807) is 31.2 Å². The summed E-state index contributed by atoms with van der Waals surface area (Å²) < 4.78 is 21.9. The van der Waals surface area contributed by atoms with E-state index < -0.39 is 15.9 Å².